The summed E-state index contributed by atoms with van der Waals surface area (Å²) in [6.45, 7) is 6.60. The Bertz CT molecular complexity index is 1510. The average Bonchev–Trinajstić information content (AvgIpc) is 3.63. The molecule has 2 heterocycles. The maximum Gasteiger partial charge on any atom is 0.419 e. The van der Waals surface area contributed by atoms with Gasteiger partial charge in [-0.15, -0.1) is 0 Å². The minimum Gasteiger partial charge on any atom is -0.386 e. The molecule has 1 saturated heterocycles. The molecule has 1 aliphatic rings. The van der Waals surface area contributed by atoms with Crippen LogP contribution in [0.3, 0.4) is 0 Å². The minimum absolute atomic E-state index is 0.149. The predicted molar refractivity (Wildman–Crippen MR) is 166 cm³/mol. The number of anilines is 3. The first kappa shape index (κ1) is 32.8. The van der Waals surface area contributed by atoms with Gasteiger partial charge in [0.05, 0.1) is 28.8 Å². The number of carbonyl (C=O) groups excluding carboxylic acids is 1. The number of rotatable bonds is 11. The number of aromatic nitrogens is 2. The standard InChI is InChI=1S/C31H40F4N8O/c1-20-9-10-22(15-27(20)43(37-4)19-26(36-3)24-18-38-41(6)21(24)2)30(44)39-23-16-25(31(33,34)35)29(32)28(17-23)40(5)13-14-42-11-7-8-12-42/h9-10,15-19,36-37H,7-8,11-14H2,1-6H3,(H,39,44)/b26-19-. The third-order valence-corrected chi connectivity index (χ3v) is 8.00. The van der Waals surface area contributed by atoms with E-state index >= 15 is 4.39 Å². The number of nitrogens with one attached hydrogen (secondary N) is 3. The molecule has 1 amide bonds. The van der Waals surface area contributed by atoms with Crippen LogP contribution in [0.1, 0.15) is 45.6 Å². The number of aryl methyl sites for hydroxylation is 2. The maximum absolute atomic E-state index is 15.2. The van der Waals surface area contributed by atoms with Gasteiger partial charge in [-0.05, 0) is 69.6 Å². The summed E-state index contributed by atoms with van der Waals surface area (Å²) in [6, 6.07) is 6.86. The molecule has 0 unspecified atom stereocenters. The number of benzene rings is 2. The summed E-state index contributed by atoms with van der Waals surface area (Å²) in [7, 11) is 6.92. The van der Waals surface area contributed by atoms with Crippen LogP contribution < -0.4 is 26.0 Å². The molecule has 44 heavy (non-hydrogen) atoms. The molecule has 2 aromatic carbocycles. The fourth-order valence-corrected chi connectivity index (χ4v) is 5.21. The van der Waals surface area contributed by atoms with Crippen molar-refractivity contribution >= 4 is 28.7 Å². The molecule has 4 rings (SSSR count). The van der Waals surface area contributed by atoms with Crippen LogP contribution in [-0.2, 0) is 13.2 Å². The van der Waals surface area contributed by atoms with E-state index in [1.54, 1.807) is 55.2 Å². The molecule has 3 N–H and O–H groups in total. The van der Waals surface area contributed by atoms with Gasteiger partial charge in [0.15, 0.2) is 5.82 Å². The number of amides is 1. The van der Waals surface area contributed by atoms with Gasteiger partial charge in [0.1, 0.15) is 0 Å². The number of alkyl halides is 3. The molecule has 3 aromatic rings. The van der Waals surface area contributed by atoms with E-state index < -0.39 is 23.5 Å². The fourth-order valence-electron chi connectivity index (χ4n) is 5.21. The summed E-state index contributed by atoms with van der Waals surface area (Å²) in [5.41, 5.74) is 5.60. The zero-order chi connectivity index (χ0) is 32.2. The van der Waals surface area contributed by atoms with Gasteiger partial charge >= 0.3 is 6.18 Å². The van der Waals surface area contributed by atoms with Gasteiger partial charge in [0.2, 0.25) is 0 Å². The van der Waals surface area contributed by atoms with Crippen molar-refractivity contribution in [2.45, 2.75) is 32.9 Å². The Hall–Kier alpha value is -4.10. The fraction of sp³-hybridized carbons (Fsp3) is 0.419. The highest BCUT2D eigenvalue weighted by Crippen LogP contribution is 2.38. The van der Waals surface area contributed by atoms with Crippen LogP contribution in [0.5, 0.6) is 0 Å². The lowest BCUT2D eigenvalue weighted by Gasteiger charge is -2.25. The third kappa shape index (κ3) is 7.33. The van der Waals surface area contributed by atoms with E-state index in [4.69, 9.17) is 0 Å². The van der Waals surface area contributed by atoms with Crippen LogP contribution in [0.25, 0.3) is 5.70 Å². The summed E-state index contributed by atoms with van der Waals surface area (Å²) in [5.74, 6) is -1.99. The molecule has 0 bridgehead atoms. The van der Waals surface area contributed by atoms with Gasteiger partial charge in [-0.1, -0.05) is 6.07 Å². The highest BCUT2D eigenvalue weighted by atomic mass is 19.4. The van der Waals surface area contributed by atoms with Gasteiger partial charge in [-0.2, -0.15) is 18.3 Å². The van der Waals surface area contributed by atoms with Crippen LogP contribution in [0, 0.1) is 19.7 Å². The Balaban J connectivity index is 1.62. The van der Waals surface area contributed by atoms with E-state index in [-0.39, 0.29) is 16.9 Å². The third-order valence-electron chi connectivity index (χ3n) is 8.00. The second-order valence-corrected chi connectivity index (χ2v) is 10.9. The zero-order valence-corrected chi connectivity index (χ0v) is 25.9. The minimum atomic E-state index is -4.94. The summed E-state index contributed by atoms with van der Waals surface area (Å²) >= 11 is 0. The summed E-state index contributed by atoms with van der Waals surface area (Å²) in [5, 5.41) is 11.8. The molecule has 1 aliphatic heterocycles. The Morgan fingerprint density at radius 3 is 2.39 bits per heavy atom. The summed E-state index contributed by atoms with van der Waals surface area (Å²) in [6.07, 6.45) is 0.777. The molecule has 13 heteroatoms. The smallest absolute Gasteiger partial charge is 0.386 e. The number of hydrazine groups is 1. The monoisotopic (exact) mass is 616 g/mol. The van der Waals surface area contributed by atoms with E-state index in [1.807, 2.05) is 27.1 Å². The largest absolute Gasteiger partial charge is 0.419 e. The number of nitrogens with zero attached hydrogens (tertiary/aromatic N) is 5. The lowest BCUT2D eigenvalue weighted by molar-refractivity contribution is -0.139. The van der Waals surface area contributed by atoms with Gasteiger partial charge < -0.3 is 20.4 Å². The van der Waals surface area contributed by atoms with Gasteiger partial charge in [0, 0.05) is 70.0 Å². The highest BCUT2D eigenvalue weighted by molar-refractivity contribution is 6.05. The molecule has 0 aliphatic carbocycles. The number of carbonyl (C=O) groups is 1. The van der Waals surface area contributed by atoms with Crippen LogP contribution >= 0.6 is 0 Å². The average molecular weight is 617 g/mol. The Kier molecular flexibility index (Phi) is 10.2. The van der Waals surface area contributed by atoms with Gasteiger partial charge in [-0.3, -0.25) is 14.5 Å². The molecule has 0 radical (unpaired) electrons. The molecule has 0 spiro atoms. The second-order valence-electron chi connectivity index (χ2n) is 10.9. The first-order valence-corrected chi connectivity index (χ1v) is 14.5. The zero-order valence-electron chi connectivity index (χ0n) is 25.9. The number of halogens is 4. The molecule has 0 saturated carbocycles. The number of likely N-dealkylation sites (N-methyl/N-ethyl adjacent to an activating group) is 1. The van der Waals surface area contributed by atoms with Crippen molar-refractivity contribution in [1.82, 2.24) is 25.4 Å². The summed E-state index contributed by atoms with van der Waals surface area (Å²) < 4.78 is 58.5. The number of hydrogen-bond acceptors (Lipinski definition) is 7. The normalized spacial score (nSPS) is 14.2. The van der Waals surface area contributed by atoms with E-state index in [0.717, 1.165) is 48.4 Å². The molecule has 1 fully saturated rings. The SMILES string of the molecule is CN/C(=C\N(NC)c1cc(C(=O)Nc2cc(N(C)CCN3CCCC3)c(F)c(C(F)(F)F)c2)ccc1C)c1cnn(C)c1C. The lowest BCUT2D eigenvalue weighted by atomic mass is 10.1. The van der Waals surface area contributed by atoms with Crippen molar-refractivity contribution < 1.29 is 22.4 Å². The molecule has 238 valence electrons. The van der Waals surface area contributed by atoms with Crippen molar-refractivity contribution in [1.29, 1.82) is 0 Å². The van der Waals surface area contributed by atoms with Crippen LogP contribution in [0.4, 0.5) is 34.6 Å². The quantitative estimate of drug-likeness (QED) is 0.204. The summed E-state index contributed by atoms with van der Waals surface area (Å²) in [4.78, 5) is 17.0. The molecule has 9 nitrogen and oxygen atoms in total. The number of hydrogen-bond donors (Lipinski definition) is 3. The first-order chi connectivity index (χ1) is 20.8. The van der Waals surface area contributed by atoms with E-state index in [9.17, 15) is 18.0 Å². The topological polar surface area (TPSA) is 80.7 Å². The van der Waals surface area contributed by atoms with Crippen molar-refractivity contribution in [3.63, 3.8) is 0 Å². The lowest BCUT2D eigenvalue weighted by Crippen LogP contribution is -2.32. The highest BCUT2D eigenvalue weighted by Gasteiger charge is 2.36. The van der Waals surface area contributed by atoms with E-state index in [1.165, 1.54) is 11.0 Å². The Morgan fingerprint density at radius 2 is 1.80 bits per heavy atom. The van der Waals surface area contributed by atoms with Crippen molar-refractivity contribution in [3.8, 4) is 0 Å². The molecular weight excluding hydrogens is 576 g/mol. The van der Waals surface area contributed by atoms with E-state index in [0.29, 0.717) is 24.8 Å². The number of likely N-dealkylation sites (tertiary alicyclic amines) is 1. The molecular formula is C31H40F4N8O. The van der Waals surface area contributed by atoms with Crippen molar-refractivity contribution in [2.24, 2.45) is 7.05 Å². The maximum atomic E-state index is 15.2. The van der Waals surface area contributed by atoms with Gasteiger partial charge in [0.25, 0.3) is 5.91 Å². The Morgan fingerprint density at radius 1 is 1.09 bits per heavy atom. The first-order valence-electron chi connectivity index (χ1n) is 14.5. The van der Waals surface area contributed by atoms with Crippen LogP contribution in [-0.4, -0.2) is 67.9 Å². The van der Waals surface area contributed by atoms with Crippen molar-refractivity contribution in [2.75, 3.05) is 62.5 Å². The Labute approximate surface area is 255 Å². The van der Waals surface area contributed by atoms with Gasteiger partial charge in [-0.25, -0.2) is 9.82 Å². The second kappa shape index (κ2) is 13.7. The predicted octanol–water partition coefficient (Wildman–Crippen LogP) is 5.14. The van der Waals surface area contributed by atoms with Crippen molar-refractivity contribution in [3.05, 3.63) is 76.5 Å². The van der Waals surface area contributed by atoms with Crippen LogP contribution in [0.15, 0.2) is 42.7 Å². The van der Waals surface area contributed by atoms with E-state index in [2.05, 4.69) is 26.1 Å². The molecule has 0 atom stereocenters. The van der Waals surface area contributed by atoms with Crippen LogP contribution in [0.2, 0.25) is 0 Å². The molecule has 1 aromatic heterocycles.